The summed E-state index contributed by atoms with van der Waals surface area (Å²) in [6.45, 7) is 2.19. The molecule has 4 nitrogen and oxygen atoms in total. The highest BCUT2D eigenvalue weighted by atomic mass is 16.3. The topological polar surface area (TPSA) is 63.9 Å². The number of likely N-dealkylation sites (tertiary alicyclic amines) is 1. The van der Waals surface area contributed by atoms with E-state index in [1.165, 1.54) is 44.9 Å². The maximum Gasteiger partial charge on any atom is 0.0929 e. The van der Waals surface area contributed by atoms with E-state index in [2.05, 4.69) is 4.90 Å². The Morgan fingerprint density at radius 1 is 1.00 bits per heavy atom. The molecule has 2 unspecified atom stereocenters. The van der Waals surface area contributed by atoms with E-state index < -0.39 is 12.2 Å². The Labute approximate surface area is 116 Å². The fourth-order valence-corrected chi connectivity index (χ4v) is 3.63. The summed E-state index contributed by atoms with van der Waals surface area (Å²) in [6.07, 6.45) is 7.97. The zero-order chi connectivity index (χ0) is 13.7. The molecule has 0 bridgehead atoms. The highest BCUT2D eigenvalue weighted by Crippen LogP contribution is 2.27. The lowest BCUT2D eigenvalue weighted by Crippen LogP contribution is -2.53. The van der Waals surface area contributed by atoms with Gasteiger partial charge < -0.3 is 20.2 Å². The monoisotopic (exact) mass is 271 g/mol. The van der Waals surface area contributed by atoms with Crippen LogP contribution in [0, 0.1) is 11.8 Å². The lowest BCUT2D eigenvalue weighted by Gasteiger charge is -2.38. The van der Waals surface area contributed by atoms with Crippen LogP contribution < -0.4 is 0 Å². The first kappa shape index (κ1) is 15.2. The van der Waals surface area contributed by atoms with E-state index >= 15 is 0 Å². The van der Waals surface area contributed by atoms with Gasteiger partial charge in [-0.2, -0.15) is 0 Å². The van der Waals surface area contributed by atoms with Gasteiger partial charge >= 0.3 is 0 Å². The number of nitrogens with zero attached hydrogens (tertiary/aromatic N) is 1. The number of aliphatic hydroxyl groups excluding tert-OH is 3. The molecule has 1 saturated heterocycles. The first-order valence-corrected chi connectivity index (χ1v) is 7.90. The second-order valence-corrected chi connectivity index (χ2v) is 6.41. The summed E-state index contributed by atoms with van der Waals surface area (Å²) < 4.78 is 0. The first-order chi connectivity index (χ1) is 9.20. The molecular weight excluding hydrogens is 242 g/mol. The van der Waals surface area contributed by atoms with E-state index in [9.17, 15) is 15.3 Å². The van der Waals surface area contributed by atoms with Gasteiger partial charge in [-0.25, -0.2) is 0 Å². The van der Waals surface area contributed by atoms with Crippen molar-refractivity contribution in [2.45, 2.75) is 57.2 Å². The molecule has 0 aromatic carbocycles. The van der Waals surface area contributed by atoms with E-state index in [1.54, 1.807) is 0 Å². The van der Waals surface area contributed by atoms with Gasteiger partial charge in [-0.3, -0.25) is 0 Å². The summed E-state index contributed by atoms with van der Waals surface area (Å²) in [6, 6.07) is 0. The van der Waals surface area contributed by atoms with Crippen LogP contribution in [0.2, 0.25) is 0 Å². The predicted octanol–water partition coefficient (Wildman–Crippen LogP) is 0.993. The Kier molecular flexibility index (Phi) is 6.07. The normalized spacial score (nSPS) is 34.6. The molecule has 112 valence electrons. The van der Waals surface area contributed by atoms with Crippen LogP contribution in [0.25, 0.3) is 0 Å². The fourth-order valence-electron chi connectivity index (χ4n) is 3.63. The Bertz CT molecular complexity index is 256. The molecule has 1 aliphatic heterocycles. The molecule has 2 rings (SSSR count). The zero-order valence-corrected chi connectivity index (χ0v) is 11.9. The molecule has 4 heteroatoms. The molecule has 19 heavy (non-hydrogen) atoms. The number of β-amino-alcohol motifs (C(OH)–C–C–N with tert-alkyl or cyclic N) is 1. The highest BCUT2D eigenvalue weighted by molar-refractivity contribution is 4.86. The average Bonchev–Trinajstić information content (AvgIpc) is 2.43. The number of hydrogen-bond donors (Lipinski definition) is 3. The van der Waals surface area contributed by atoms with E-state index in [0.29, 0.717) is 13.1 Å². The quantitative estimate of drug-likeness (QED) is 0.698. The second-order valence-electron chi connectivity index (χ2n) is 6.41. The third-order valence-electron chi connectivity index (χ3n) is 4.86. The van der Waals surface area contributed by atoms with Crippen LogP contribution in [0.15, 0.2) is 0 Å². The molecule has 1 heterocycles. The molecule has 0 aromatic rings. The minimum absolute atomic E-state index is 0.0443. The van der Waals surface area contributed by atoms with Crippen molar-refractivity contribution in [1.29, 1.82) is 0 Å². The van der Waals surface area contributed by atoms with Crippen LogP contribution in [0.3, 0.4) is 0 Å². The van der Waals surface area contributed by atoms with Crippen LogP contribution in [0.1, 0.15) is 44.9 Å². The van der Waals surface area contributed by atoms with Crippen LogP contribution in [-0.2, 0) is 0 Å². The third-order valence-corrected chi connectivity index (χ3v) is 4.86. The largest absolute Gasteiger partial charge is 0.396 e. The first-order valence-electron chi connectivity index (χ1n) is 7.90. The molecule has 0 aromatic heterocycles. The molecule has 0 spiro atoms. The number of piperidine rings is 1. The maximum absolute atomic E-state index is 9.79. The molecule has 1 saturated carbocycles. The Morgan fingerprint density at radius 3 is 2.42 bits per heavy atom. The number of hydrogen-bond acceptors (Lipinski definition) is 4. The molecular formula is C15H29NO3. The lowest BCUT2D eigenvalue weighted by molar-refractivity contribution is -0.0863. The minimum atomic E-state index is -0.764. The number of aliphatic hydroxyl groups is 3. The second kappa shape index (κ2) is 7.58. The van der Waals surface area contributed by atoms with Crippen LogP contribution >= 0.6 is 0 Å². The van der Waals surface area contributed by atoms with Crippen molar-refractivity contribution in [2.24, 2.45) is 11.8 Å². The Balaban J connectivity index is 1.67. The summed E-state index contributed by atoms with van der Waals surface area (Å²) in [5.41, 5.74) is 0. The Morgan fingerprint density at radius 2 is 1.74 bits per heavy atom. The molecule has 3 atom stereocenters. The molecule has 0 amide bonds. The van der Waals surface area contributed by atoms with Gasteiger partial charge in [0.05, 0.1) is 12.2 Å². The predicted molar refractivity (Wildman–Crippen MR) is 74.8 cm³/mol. The lowest BCUT2D eigenvalue weighted by atomic mass is 9.86. The van der Waals surface area contributed by atoms with Gasteiger partial charge in [0.1, 0.15) is 0 Å². The van der Waals surface area contributed by atoms with Gasteiger partial charge in [0.15, 0.2) is 0 Å². The number of rotatable bonds is 5. The average molecular weight is 271 g/mol. The van der Waals surface area contributed by atoms with Gasteiger partial charge in [0.25, 0.3) is 0 Å². The van der Waals surface area contributed by atoms with E-state index in [1.807, 2.05) is 0 Å². The molecule has 3 N–H and O–H groups in total. The van der Waals surface area contributed by atoms with Crippen molar-refractivity contribution in [1.82, 2.24) is 4.90 Å². The van der Waals surface area contributed by atoms with Crippen molar-refractivity contribution < 1.29 is 15.3 Å². The molecule has 0 radical (unpaired) electrons. The smallest absolute Gasteiger partial charge is 0.0929 e. The summed E-state index contributed by atoms with van der Waals surface area (Å²) in [4.78, 5) is 2.20. The van der Waals surface area contributed by atoms with Gasteiger partial charge in [0.2, 0.25) is 0 Å². The maximum atomic E-state index is 9.79. The van der Waals surface area contributed by atoms with Crippen LogP contribution in [0.5, 0.6) is 0 Å². The zero-order valence-electron chi connectivity index (χ0n) is 11.9. The van der Waals surface area contributed by atoms with Gasteiger partial charge in [0, 0.05) is 25.6 Å². The highest BCUT2D eigenvalue weighted by Gasteiger charge is 2.33. The van der Waals surface area contributed by atoms with Crippen LogP contribution in [0.4, 0.5) is 0 Å². The molecule has 1 aliphatic carbocycles. The van der Waals surface area contributed by atoms with Gasteiger partial charge in [-0.05, 0) is 25.3 Å². The van der Waals surface area contributed by atoms with Crippen molar-refractivity contribution in [2.75, 3.05) is 26.2 Å². The third kappa shape index (κ3) is 4.42. The van der Waals surface area contributed by atoms with Gasteiger partial charge in [-0.1, -0.05) is 32.1 Å². The van der Waals surface area contributed by atoms with Crippen molar-refractivity contribution in [3.63, 3.8) is 0 Å². The summed E-state index contributed by atoms with van der Waals surface area (Å²) in [5, 5.41) is 28.8. The SMILES string of the molecule is OCC1CN(CCCC2CCCCC2)CC(O)[C@@H]1O. The minimum Gasteiger partial charge on any atom is -0.396 e. The van der Waals surface area contributed by atoms with E-state index in [-0.39, 0.29) is 12.5 Å². The van der Waals surface area contributed by atoms with Crippen molar-refractivity contribution >= 4 is 0 Å². The van der Waals surface area contributed by atoms with Crippen molar-refractivity contribution in [3.8, 4) is 0 Å². The molecule has 2 fully saturated rings. The summed E-state index contributed by atoms with van der Waals surface area (Å²) in [7, 11) is 0. The van der Waals surface area contributed by atoms with Gasteiger partial charge in [-0.15, -0.1) is 0 Å². The fraction of sp³-hybridized carbons (Fsp3) is 1.00. The van der Waals surface area contributed by atoms with Crippen molar-refractivity contribution in [3.05, 3.63) is 0 Å². The Hall–Kier alpha value is -0.160. The standard InChI is InChI=1S/C15H29NO3/c17-11-13-9-16(10-14(18)15(13)19)8-4-7-12-5-2-1-3-6-12/h12-15,17-19H,1-11H2/t13?,14?,15-/m1/s1. The summed E-state index contributed by atoms with van der Waals surface area (Å²) in [5.74, 6) is 0.709. The van der Waals surface area contributed by atoms with E-state index in [0.717, 1.165) is 12.5 Å². The molecule has 2 aliphatic rings. The van der Waals surface area contributed by atoms with Crippen LogP contribution in [-0.4, -0.2) is 58.7 Å². The van der Waals surface area contributed by atoms with E-state index in [4.69, 9.17) is 0 Å². The summed E-state index contributed by atoms with van der Waals surface area (Å²) >= 11 is 0.